The second-order valence-electron chi connectivity index (χ2n) is 3.34. The van der Waals surface area contributed by atoms with Crippen LogP contribution in [0.5, 0.6) is 0 Å². The third-order valence-electron chi connectivity index (χ3n) is 2.17. The molecule has 2 aromatic rings. The van der Waals surface area contributed by atoms with E-state index in [1.54, 1.807) is 0 Å². The number of hydrogen-bond donors (Lipinski definition) is 0. The van der Waals surface area contributed by atoms with Crippen LogP contribution >= 0.6 is 0 Å². The van der Waals surface area contributed by atoms with Gasteiger partial charge in [0.1, 0.15) is 0 Å². The topological polar surface area (TPSA) is 24.7 Å². The molecule has 0 atom stereocenters. The minimum absolute atomic E-state index is 0.649. The summed E-state index contributed by atoms with van der Waals surface area (Å²) < 4.78 is 2.66. The van der Waals surface area contributed by atoms with Crippen molar-refractivity contribution in [1.82, 2.24) is 0 Å². The van der Waals surface area contributed by atoms with Gasteiger partial charge in [0.05, 0.1) is 0 Å². The van der Waals surface area contributed by atoms with Crippen LogP contribution < -0.4 is 0 Å². The molecule has 2 rings (SSSR count). The molecule has 0 saturated carbocycles. The van der Waals surface area contributed by atoms with Crippen molar-refractivity contribution >= 4 is 31.8 Å². The first kappa shape index (κ1) is 11.7. The molecule has 0 saturated heterocycles. The van der Waals surface area contributed by atoms with Crippen molar-refractivity contribution in [2.45, 2.75) is 0 Å². The average Bonchev–Trinajstić information content (AvgIpc) is 2.40. The Bertz CT molecular complexity index is 555. The van der Waals surface area contributed by atoms with Crippen LogP contribution in [0, 0.1) is 0 Å². The fourth-order valence-corrected chi connectivity index (χ4v) is 1.59. The van der Waals surface area contributed by atoms with Crippen LogP contribution in [0.25, 0.3) is 0 Å². The van der Waals surface area contributed by atoms with E-state index in [1.165, 1.54) is 0 Å². The first-order valence-electron chi connectivity index (χ1n) is 5.17. The molecule has 0 spiro atoms. The van der Waals surface area contributed by atoms with Gasteiger partial charge in [-0.1, -0.05) is 0 Å². The molecule has 0 heterocycles. The van der Waals surface area contributed by atoms with Gasteiger partial charge in [-0.05, 0) is 0 Å². The zero-order valence-electron chi connectivity index (χ0n) is 9.08. The molecular formula is C14H10N2Se. The fourth-order valence-electron chi connectivity index (χ4n) is 1.41. The quantitative estimate of drug-likeness (QED) is 0.460. The molecule has 0 bridgehead atoms. The first-order chi connectivity index (χ1) is 8.40. The number of para-hydroxylation sites is 1. The summed E-state index contributed by atoms with van der Waals surface area (Å²) in [5, 5.41) is 0. The van der Waals surface area contributed by atoms with Gasteiger partial charge in [0.15, 0.2) is 0 Å². The summed E-state index contributed by atoms with van der Waals surface area (Å²) in [5.74, 6) is 0.649. The second-order valence-corrected chi connectivity index (χ2v) is 3.72. The maximum atomic E-state index is 4.49. The van der Waals surface area contributed by atoms with E-state index in [4.69, 9.17) is 0 Å². The summed E-state index contributed by atoms with van der Waals surface area (Å²) >= 11 is 2.63. The number of hydrogen-bond acceptors (Lipinski definition) is 1. The molecule has 2 nitrogen and oxygen atoms in total. The Morgan fingerprint density at radius 3 is 2.06 bits per heavy atom. The van der Waals surface area contributed by atoms with Crippen LogP contribution in [0.4, 0.5) is 5.69 Å². The molecular weight excluding hydrogens is 275 g/mol. The van der Waals surface area contributed by atoms with Gasteiger partial charge in [-0.25, -0.2) is 0 Å². The van der Waals surface area contributed by atoms with E-state index in [-0.39, 0.29) is 0 Å². The van der Waals surface area contributed by atoms with Crippen molar-refractivity contribution in [3.63, 3.8) is 0 Å². The van der Waals surface area contributed by atoms with Crippen molar-refractivity contribution in [2.24, 2.45) is 9.98 Å². The molecule has 0 radical (unpaired) electrons. The third kappa shape index (κ3) is 3.33. The van der Waals surface area contributed by atoms with Gasteiger partial charge in [-0.3, -0.25) is 0 Å². The Kier molecular flexibility index (Phi) is 4.17. The zero-order valence-corrected chi connectivity index (χ0v) is 10.8. The van der Waals surface area contributed by atoms with Gasteiger partial charge in [-0.2, -0.15) is 0 Å². The van der Waals surface area contributed by atoms with Gasteiger partial charge in [-0.15, -0.1) is 0 Å². The Labute approximate surface area is 108 Å². The van der Waals surface area contributed by atoms with Crippen molar-refractivity contribution < 1.29 is 0 Å². The van der Waals surface area contributed by atoms with Gasteiger partial charge in [0.25, 0.3) is 0 Å². The van der Waals surface area contributed by atoms with Crippen LogP contribution in [0.2, 0.25) is 0 Å². The first-order valence-corrected chi connectivity index (χ1v) is 6.03. The van der Waals surface area contributed by atoms with Gasteiger partial charge in [0, 0.05) is 0 Å². The Balaban J connectivity index is 2.43. The molecule has 0 amide bonds. The van der Waals surface area contributed by atoms with Gasteiger partial charge in [0.2, 0.25) is 0 Å². The standard InChI is InChI=1S/C14H10N2Se/c17-11-15-14(12-7-3-1-4-8-12)16-13-9-5-2-6-10-13/h1-10H. The number of rotatable bonds is 2. The number of aliphatic imine (C=N–C) groups is 2. The monoisotopic (exact) mass is 286 g/mol. The molecule has 3 heteroatoms. The van der Waals surface area contributed by atoms with Crippen LogP contribution in [0.1, 0.15) is 5.56 Å². The van der Waals surface area contributed by atoms with E-state index in [0.717, 1.165) is 11.3 Å². The molecule has 0 aliphatic heterocycles. The van der Waals surface area contributed by atoms with Crippen molar-refractivity contribution in [3.05, 3.63) is 66.2 Å². The molecule has 82 valence electrons. The van der Waals surface area contributed by atoms with E-state index in [9.17, 15) is 0 Å². The van der Waals surface area contributed by atoms with Crippen LogP contribution in [-0.4, -0.2) is 26.1 Å². The summed E-state index contributed by atoms with van der Waals surface area (Å²) in [7, 11) is 0. The van der Waals surface area contributed by atoms with Crippen molar-refractivity contribution in [1.29, 1.82) is 0 Å². The van der Waals surface area contributed by atoms with Crippen LogP contribution in [-0.2, 0) is 0 Å². The average molecular weight is 285 g/mol. The predicted molar refractivity (Wildman–Crippen MR) is 72.3 cm³/mol. The Morgan fingerprint density at radius 2 is 1.47 bits per heavy atom. The molecule has 17 heavy (non-hydrogen) atoms. The maximum absolute atomic E-state index is 4.49. The van der Waals surface area contributed by atoms with E-state index < -0.39 is 0 Å². The summed E-state index contributed by atoms with van der Waals surface area (Å²) in [6.07, 6.45) is 0. The summed E-state index contributed by atoms with van der Waals surface area (Å²) in [4.78, 5) is 8.62. The number of nitrogens with zero attached hydrogens (tertiary/aromatic N) is 2. The van der Waals surface area contributed by atoms with Crippen LogP contribution in [0.3, 0.4) is 0 Å². The Morgan fingerprint density at radius 1 is 0.882 bits per heavy atom. The van der Waals surface area contributed by atoms with Crippen molar-refractivity contribution in [2.75, 3.05) is 0 Å². The molecule has 0 unspecified atom stereocenters. The second kappa shape index (κ2) is 6.07. The molecule has 0 aliphatic carbocycles. The third-order valence-corrected chi connectivity index (χ3v) is 2.37. The van der Waals surface area contributed by atoms with Crippen LogP contribution in [0.15, 0.2) is 70.6 Å². The molecule has 0 aromatic heterocycles. The normalized spacial score (nSPS) is 10.7. The molecule has 2 aromatic carbocycles. The summed E-state index contributed by atoms with van der Waals surface area (Å²) in [6.45, 7) is 0. The molecule has 0 fully saturated rings. The Hall–Kier alpha value is -1.79. The predicted octanol–water partition coefficient (Wildman–Crippen LogP) is 2.84. The van der Waals surface area contributed by atoms with Gasteiger partial charge < -0.3 is 0 Å². The molecule has 0 N–H and O–H groups in total. The number of benzene rings is 2. The minimum atomic E-state index is 0.649. The SMILES string of the molecule is [Se]=C=NC(=Nc1ccccc1)c1ccccc1. The van der Waals surface area contributed by atoms with Crippen molar-refractivity contribution in [3.8, 4) is 0 Å². The zero-order chi connectivity index (χ0) is 11.9. The van der Waals surface area contributed by atoms with E-state index >= 15 is 0 Å². The fraction of sp³-hybridized carbons (Fsp3) is 0. The summed E-state index contributed by atoms with van der Waals surface area (Å²) in [6, 6.07) is 19.6. The number of amidine groups is 1. The van der Waals surface area contributed by atoms with E-state index in [0.29, 0.717) is 5.84 Å². The van der Waals surface area contributed by atoms with E-state index in [2.05, 4.69) is 30.3 Å². The van der Waals surface area contributed by atoms with Gasteiger partial charge >= 0.3 is 108 Å². The van der Waals surface area contributed by atoms with E-state index in [1.807, 2.05) is 60.7 Å². The molecule has 0 aliphatic rings. The summed E-state index contributed by atoms with van der Waals surface area (Å²) in [5.41, 5.74) is 1.85.